The highest BCUT2D eigenvalue weighted by Gasteiger charge is 2.15. The van der Waals surface area contributed by atoms with Crippen molar-refractivity contribution in [2.75, 3.05) is 17.2 Å². The highest BCUT2D eigenvalue weighted by molar-refractivity contribution is 6.10. The van der Waals surface area contributed by atoms with Crippen molar-refractivity contribution in [1.82, 2.24) is 0 Å². The second-order valence-corrected chi connectivity index (χ2v) is 7.05. The van der Waals surface area contributed by atoms with E-state index in [1.807, 2.05) is 54.6 Å². The number of nitrogens with one attached hydrogen (secondary N) is 2. The van der Waals surface area contributed by atoms with E-state index in [2.05, 4.69) is 24.5 Å². The first-order chi connectivity index (χ1) is 14.6. The summed E-state index contributed by atoms with van der Waals surface area (Å²) in [5.41, 5.74) is 2.59. The van der Waals surface area contributed by atoms with Crippen LogP contribution < -0.4 is 15.4 Å². The standard InChI is InChI=1S/C25H26N2O3/c1-3-18(2)20-13-8-10-16-23(20)30-17-24(28)27-22-15-9-7-14-21(22)25(29)26-19-11-5-4-6-12-19/h4-16,18H,3,17H2,1-2H3,(H,26,29)(H,27,28)/t18-/m1/s1. The average Bonchev–Trinajstić information content (AvgIpc) is 2.78. The molecule has 0 unspecified atom stereocenters. The van der Waals surface area contributed by atoms with Crippen molar-refractivity contribution in [3.63, 3.8) is 0 Å². The van der Waals surface area contributed by atoms with Gasteiger partial charge in [0, 0.05) is 5.69 Å². The fourth-order valence-corrected chi connectivity index (χ4v) is 3.08. The number of carbonyl (C=O) groups is 2. The molecule has 154 valence electrons. The normalized spacial score (nSPS) is 11.4. The maximum Gasteiger partial charge on any atom is 0.262 e. The maximum atomic E-state index is 12.7. The molecule has 0 aromatic heterocycles. The molecule has 30 heavy (non-hydrogen) atoms. The first-order valence-electron chi connectivity index (χ1n) is 10.1. The molecule has 0 aliphatic heterocycles. The number of amides is 2. The van der Waals surface area contributed by atoms with Gasteiger partial charge in [-0.3, -0.25) is 9.59 Å². The predicted octanol–water partition coefficient (Wildman–Crippen LogP) is 5.47. The molecule has 2 amide bonds. The van der Waals surface area contributed by atoms with Gasteiger partial charge in [0.1, 0.15) is 5.75 Å². The highest BCUT2D eigenvalue weighted by atomic mass is 16.5. The number of carbonyl (C=O) groups excluding carboxylic acids is 2. The topological polar surface area (TPSA) is 67.4 Å². The molecular weight excluding hydrogens is 376 g/mol. The fourth-order valence-electron chi connectivity index (χ4n) is 3.08. The minimum absolute atomic E-state index is 0.137. The predicted molar refractivity (Wildman–Crippen MR) is 120 cm³/mol. The van der Waals surface area contributed by atoms with Gasteiger partial charge in [0.25, 0.3) is 11.8 Å². The summed E-state index contributed by atoms with van der Waals surface area (Å²) in [5, 5.41) is 5.62. The second-order valence-electron chi connectivity index (χ2n) is 7.05. The number of hydrogen-bond acceptors (Lipinski definition) is 3. The molecule has 0 fully saturated rings. The van der Waals surface area contributed by atoms with Crippen LogP contribution in [0.3, 0.4) is 0 Å². The summed E-state index contributed by atoms with van der Waals surface area (Å²) in [6, 6.07) is 23.8. The molecule has 0 saturated heterocycles. The summed E-state index contributed by atoms with van der Waals surface area (Å²) in [7, 11) is 0. The molecule has 3 rings (SSSR count). The summed E-state index contributed by atoms with van der Waals surface area (Å²) in [6.45, 7) is 4.11. The van der Waals surface area contributed by atoms with E-state index in [1.165, 1.54) is 0 Å². The molecule has 1 atom stereocenters. The average molecular weight is 402 g/mol. The Labute approximate surface area is 177 Å². The Morgan fingerprint density at radius 3 is 2.30 bits per heavy atom. The molecule has 5 nitrogen and oxygen atoms in total. The van der Waals surface area contributed by atoms with Crippen molar-refractivity contribution >= 4 is 23.2 Å². The van der Waals surface area contributed by atoms with E-state index in [9.17, 15) is 9.59 Å². The maximum absolute atomic E-state index is 12.7. The molecule has 0 saturated carbocycles. The summed E-state index contributed by atoms with van der Waals surface area (Å²) in [4.78, 5) is 25.2. The van der Waals surface area contributed by atoms with E-state index in [0.717, 1.165) is 12.0 Å². The summed E-state index contributed by atoms with van der Waals surface area (Å²) >= 11 is 0. The van der Waals surface area contributed by atoms with E-state index in [4.69, 9.17) is 4.74 Å². The third kappa shape index (κ3) is 5.47. The lowest BCUT2D eigenvalue weighted by molar-refractivity contribution is -0.118. The van der Waals surface area contributed by atoms with Crippen molar-refractivity contribution < 1.29 is 14.3 Å². The van der Waals surface area contributed by atoms with Gasteiger partial charge in [-0.25, -0.2) is 0 Å². The Kier molecular flexibility index (Phi) is 7.22. The van der Waals surface area contributed by atoms with Crippen LogP contribution in [0.15, 0.2) is 78.9 Å². The molecule has 2 N–H and O–H groups in total. The van der Waals surface area contributed by atoms with Gasteiger partial charge in [0.2, 0.25) is 0 Å². The monoisotopic (exact) mass is 402 g/mol. The lowest BCUT2D eigenvalue weighted by Gasteiger charge is -2.16. The Bertz CT molecular complexity index is 1000. The quantitative estimate of drug-likeness (QED) is 0.525. The number of hydrogen-bond donors (Lipinski definition) is 2. The molecule has 0 spiro atoms. The molecule has 0 bridgehead atoms. The third-order valence-corrected chi connectivity index (χ3v) is 4.90. The second kappa shape index (κ2) is 10.3. The van der Waals surface area contributed by atoms with Crippen molar-refractivity contribution in [3.05, 3.63) is 90.0 Å². The van der Waals surface area contributed by atoms with Crippen LogP contribution in [-0.2, 0) is 4.79 Å². The molecular formula is C25H26N2O3. The van der Waals surface area contributed by atoms with Gasteiger partial charge in [-0.15, -0.1) is 0 Å². The largest absolute Gasteiger partial charge is 0.483 e. The number of ether oxygens (including phenoxy) is 1. The lowest BCUT2D eigenvalue weighted by atomic mass is 9.98. The molecule has 0 heterocycles. The Hall–Kier alpha value is -3.60. The van der Waals surface area contributed by atoms with Crippen LogP contribution in [0.5, 0.6) is 5.75 Å². The van der Waals surface area contributed by atoms with Crippen LogP contribution >= 0.6 is 0 Å². The van der Waals surface area contributed by atoms with Crippen molar-refractivity contribution in [2.24, 2.45) is 0 Å². The molecule has 3 aromatic carbocycles. The summed E-state index contributed by atoms with van der Waals surface area (Å²) < 4.78 is 5.78. The Morgan fingerprint density at radius 1 is 0.867 bits per heavy atom. The van der Waals surface area contributed by atoms with Gasteiger partial charge in [0.05, 0.1) is 11.3 Å². The lowest BCUT2D eigenvalue weighted by Crippen LogP contribution is -2.23. The zero-order valence-electron chi connectivity index (χ0n) is 17.2. The third-order valence-electron chi connectivity index (χ3n) is 4.90. The van der Waals surface area contributed by atoms with Crippen LogP contribution in [0, 0.1) is 0 Å². The number of anilines is 2. The summed E-state index contributed by atoms with van der Waals surface area (Å²) in [6.07, 6.45) is 0.983. The number of para-hydroxylation sites is 3. The Morgan fingerprint density at radius 2 is 1.53 bits per heavy atom. The number of rotatable bonds is 8. The number of benzene rings is 3. The first kappa shape index (κ1) is 21.1. The van der Waals surface area contributed by atoms with Gasteiger partial charge in [0.15, 0.2) is 6.61 Å². The minimum Gasteiger partial charge on any atom is -0.483 e. The fraction of sp³-hybridized carbons (Fsp3) is 0.200. The smallest absolute Gasteiger partial charge is 0.262 e. The van der Waals surface area contributed by atoms with E-state index in [0.29, 0.717) is 28.6 Å². The van der Waals surface area contributed by atoms with Crippen LogP contribution in [0.4, 0.5) is 11.4 Å². The molecule has 0 aliphatic carbocycles. The van der Waals surface area contributed by atoms with Gasteiger partial charge in [-0.2, -0.15) is 0 Å². The minimum atomic E-state index is -0.325. The van der Waals surface area contributed by atoms with E-state index < -0.39 is 0 Å². The van der Waals surface area contributed by atoms with Crippen molar-refractivity contribution in [3.8, 4) is 5.75 Å². The zero-order valence-corrected chi connectivity index (χ0v) is 17.2. The van der Waals surface area contributed by atoms with E-state index in [1.54, 1.807) is 24.3 Å². The SMILES string of the molecule is CC[C@@H](C)c1ccccc1OCC(=O)Nc1ccccc1C(=O)Nc1ccccc1. The first-order valence-corrected chi connectivity index (χ1v) is 10.1. The molecule has 5 heteroatoms. The van der Waals surface area contributed by atoms with Gasteiger partial charge in [-0.1, -0.05) is 62.4 Å². The molecule has 0 aliphatic rings. The highest BCUT2D eigenvalue weighted by Crippen LogP contribution is 2.28. The van der Waals surface area contributed by atoms with Crippen molar-refractivity contribution in [1.29, 1.82) is 0 Å². The van der Waals surface area contributed by atoms with Crippen LogP contribution in [0.1, 0.15) is 42.1 Å². The molecule has 0 radical (unpaired) electrons. The van der Waals surface area contributed by atoms with Crippen LogP contribution in [0.25, 0.3) is 0 Å². The zero-order chi connectivity index (χ0) is 21.3. The van der Waals surface area contributed by atoms with Gasteiger partial charge in [-0.05, 0) is 48.2 Å². The Balaban J connectivity index is 1.66. The van der Waals surface area contributed by atoms with E-state index >= 15 is 0 Å². The van der Waals surface area contributed by atoms with Crippen LogP contribution in [0.2, 0.25) is 0 Å². The van der Waals surface area contributed by atoms with Crippen molar-refractivity contribution in [2.45, 2.75) is 26.2 Å². The van der Waals surface area contributed by atoms with E-state index in [-0.39, 0.29) is 18.4 Å². The van der Waals surface area contributed by atoms with Gasteiger partial charge < -0.3 is 15.4 Å². The van der Waals surface area contributed by atoms with Gasteiger partial charge >= 0.3 is 0 Å². The molecule has 3 aromatic rings. The van der Waals surface area contributed by atoms with Crippen LogP contribution in [-0.4, -0.2) is 18.4 Å². The summed E-state index contributed by atoms with van der Waals surface area (Å²) in [5.74, 6) is 0.429.